The molecule has 0 bridgehead atoms. The van der Waals surface area contributed by atoms with Crippen LogP contribution in [0.3, 0.4) is 0 Å². The van der Waals surface area contributed by atoms with E-state index in [0.29, 0.717) is 11.4 Å². The van der Waals surface area contributed by atoms with Crippen molar-refractivity contribution in [3.8, 4) is 5.75 Å². The van der Waals surface area contributed by atoms with E-state index in [9.17, 15) is 13.2 Å². The molecule has 134 valence electrons. The van der Waals surface area contributed by atoms with Gasteiger partial charge in [-0.2, -0.15) is 0 Å². The van der Waals surface area contributed by atoms with Gasteiger partial charge in [-0.1, -0.05) is 22.0 Å². The highest BCUT2D eigenvalue weighted by atomic mass is 79.9. The van der Waals surface area contributed by atoms with Crippen LogP contribution in [0, 0.1) is 0 Å². The van der Waals surface area contributed by atoms with Crippen molar-refractivity contribution in [3.05, 3.63) is 53.0 Å². The summed E-state index contributed by atoms with van der Waals surface area (Å²) in [6.07, 6.45) is -0.740. The largest absolute Gasteiger partial charge is 0.481 e. The first-order chi connectivity index (χ1) is 11.7. The Bertz CT molecular complexity index is 851. The molecule has 0 aromatic heterocycles. The standard InChI is InChI=1S/C17H19BrN2O4S/c1-12(24-15-9-7-13(18)8-10-15)17(21)19-14-5-4-6-16(11-14)25(22,23)20(2)3/h4-12H,1-3H3,(H,19,21). The highest BCUT2D eigenvalue weighted by molar-refractivity contribution is 9.10. The van der Waals surface area contributed by atoms with Crippen molar-refractivity contribution in [2.24, 2.45) is 0 Å². The van der Waals surface area contributed by atoms with Gasteiger partial charge in [-0.3, -0.25) is 4.79 Å². The number of ether oxygens (including phenoxy) is 1. The molecule has 0 radical (unpaired) electrons. The molecule has 0 aliphatic heterocycles. The molecule has 8 heteroatoms. The van der Waals surface area contributed by atoms with Crippen molar-refractivity contribution < 1.29 is 17.9 Å². The first kappa shape index (κ1) is 19.4. The second-order valence-corrected chi connectivity index (χ2v) is 8.59. The maximum Gasteiger partial charge on any atom is 0.265 e. The Morgan fingerprint density at radius 1 is 1.16 bits per heavy atom. The Labute approximate surface area is 156 Å². The van der Waals surface area contributed by atoms with Crippen LogP contribution < -0.4 is 10.1 Å². The molecular formula is C17H19BrN2O4S. The Morgan fingerprint density at radius 3 is 2.40 bits per heavy atom. The van der Waals surface area contributed by atoms with Gasteiger partial charge in [-0.25, -0.2) is 12.7 Å². The normalized spacial score (nSPS) is 12.7. The number of nitrogens with zero attached hydrogens (tertiary/aromatic N) is 1. The van der Waals surface area contributed by atoms with Crippen molar-refractivity contribution in [2.75, 3.05) is 19.4 Å². The lowest BCUT2D eigenvalue weighted by Crippen LogP contribution is -2.30. The van der Waals surface area contributed by atoms with Crippen LogP contribution in [0.25, 0.3) is 0 Å². The summed E-state index contributed by atoms with van der Waals surface area (Å²) in [4.78, 5) is 12.4. The maximum atomic E-state index is 12.3. The van der Waals surface area contributed by atoms with Crippen LogP contribution in [0.15, 0.2) is 57.9 Å². The number of hydrogen-bond donors (Lipinski definition) is 1. The van der Waals surface area contributed by atoms with E-state index in [2.05, 4.69) is 21.2 Å². The van der Waals surface area contributed by atoms with E-state index in [4.69, 9.17) is 4.74 Å². The molecular weight excluding hydrogens is 408 g/mol. The summed E-state index contributed by atoms with van der Waals surface area (Å²) < 4.78 is 31.9. The van der Waals surface area contributed by atoms with E-state index in [0.717, 1.165) is 8.78 Å². The molecule has 1 N–H and O–H groups in total. The highest BCUT2D eigenvalue weighted by Gasteiger charge is 2.19. The minimum absolute atomic E-state index is 0.108. The lowest BCUT2D eigenvalue weighted by molar-refractivity contribution is -0.122. The van der Waals surface area contributed by atoms with Gasteiger partial charge in [-0.15, -0.1) is 0 Å². The monoisotopic (exact) mass is 426 g/mol. The molecule has 0 fully saturated rings. The maximum absolute atomic E-state index is 12.3. The van der Waals surface area contributed by atoms with Crippen molar-refractivity contribution >= 4 is 37.5 Å². The smallest absolute Gasteiger partial charge is 0.265 e. The first-order valence-corrected chi connectivity index (χ1v) is 9.69. The van der Waals surface area contributed by atoms with Gasteiger partial charge in [-0.05, 0) is 49.4 Å². The Morgan fingerprint density at radius 2 is 1.80 bits per heavy atom. The highest BCUT2D eigenvalue weighted by Crippen LogP contribution is 2.20. The Kier molecular flexibility index (Phi) is 6.21. The zero-order valence-electron chi connectivity index (χ0n) is 14.1. The van der Waals surface area contributed by atoms with Gasteiger partial charge >= 0.3 is 0 Å². The van der Waals surface area contributed by atoms with Crippen molar-refractivity contribution in [3.63, 3.8) is 0 Å². The Balaban J connectivity index is 2.08. The molecule has 2 rings (SSSR count). The SMILES string of the molecule is CC(Oc1ccc(Br)cc1)C(=O)Nc1cccc(S(=O)(=O)N(C)C)c1. The Hall–Kier alpha value is -1.90. The second kappa shape index (κ2) is 7.99. The molecule has 6 nitrogen and oxygen atoms in total. The van der Waals surface area contributed by atoms with Gasteiger partial charge in [0.15, 0.2) is 6.10 Å². The third-order valence-corrected chi connectivity index (χ3v) is 5.72. The molecule has 1 amide bonds. The number of rotatable bonds is 6. The molecule has 25 heavy (non-hydrogen) atoms. The predicted molar refractivity (Wildman–Crippen MR) is 100 cm³/mol. The lowest BCUT2D eigenvalue weighted by atomic mass is 10.3. The predicted octanol–water partition coefficient (Wildman–Crippen LogP) is 3.11. The minimum atomic E-state index is -3.56. The lowest BCUT2D eigenvalue weighted by Gasteiger charge is -2.16. The molecule has 0 aliphatic rings. The van der Waals surface area contributed by atoms with Gasteiger partial charge in [0, 0.05) is 24.3 Å². The number of amides is 1. The van der Waals surface area contributed by atoms with Crippen molar-refractivity contribution in [2.45, 2.75) is 17.9 Å². The summed E-state index contributed by atoms with van der Waals surface area (Å²) in [5, 5.41) is 2.67. The van der Waals surface area contributed by atoms with Crippen LogP contribution in [0.4, 0.5) is 5.69 Å². The fourth-order valence-corrected chi connectivity index (χ4v) is 3.17. The number of nitrogens with one attached hydrogen (secondary N) is 1. The van der Waals surface area contributed by atoms with Gasteiger partial charge in [0.05, 0.1) is 4.90 Å². The molecule has 2 aromatic carbocycles. The topological polar surface area (TPSA) is 75.7 Å². The van der Waals surface area contributed by atoms with E-state index >= 15 is 0 Å². The average molecular weight is 427 g/mol. The van der Waals surface area contributed by atoms with E-state index in [1.165, 1.54) is 26.2 Å². The quantitative estimate of drug-likeness (QED) is 0.769. The molecule has 0 aliphatic carbocycles. The van der Waals surface area contributed by atoms with E-state index < -0.39 is 16.1 Å². The van der Waals surface area contributed by atoms with Crippen LogP contribution >= 0.6 is 15.9 Å². The molecule has 0 saturated carbocycles. The van der Waals surface area contributed by atoms with E-state index in [-0.39, 0.29) is 10.8 Å². The molecule has 0 saturated heterocycles. The van der Waals surface area contributed by atoms with E-state index in [1.807, 2.05) is 12.1 Å². The number of carbonyl (C=O) groups excluding carboxylic acids is 1. The minimum Gasteiger partial charge on any atom is -0.481 e. The summed E-state index contributed by atoms with van der Waals surface area (Å²) in [7, 11) is -0.656. The molecule has 1 atom stereocenters. The van der Waals surface area contributed by atoms with Crippen LogP contribution in [0.1, 0.15) is 6.92 Å². The third-order valence-electron chi connectivity index (χ3n) is 3.38. The summed E-state index contributed by atoms with van der Waals surface area (Å²) in [6, 6.07) is 13.2. The van der Waals surface area contributed by atoms with Crippen LogP contribution in [0.5, 0.6) is 5.75 Å². The van der Waals surface area contributed by atoms with Gasteiger partial charge in [0.25, 0.3) is 5.91 Å². The number of sulfonamides is 1. The number of carbonyl (C=O) groups is 1. The zero-order valence-corrected chi connectivity index (χ0v) is 16.5. The van der Waals surface area contributed by atoms with Crippen molar-refractivity contribution in [1.29, 1.82) is 0 Å². The molecule has 1 unspecified atom stereocenters. The number of anilines is 1. The summed E-state index contributed by atoms with van der Waals surface area (Å²) in [5.41, 5.74) is 0.388. The second-order valence-electron chi connectivity index (χ2n) is 5.52. The summed E-state index contributed by atoms with van der Waals surface area (Å²) in [6.45, 7) is 1.62. The van der Waals surface area contributed by atoms with Crippen molar-refractivity contribution in [1.82, 2.24) is 4.31 Å². The van der Waals surface area contributed by atoms with Gasteiger partial charge in [0.2, 0.25) is 10.0 Å². The average Bonchev–Trinajstić information content (AvgIpc) is 2.57. The molecule has 2 aromatic rings. The summed E-state index contributed by atoms with van der Waals surface area (Å²) in [5.74, 6) is 0.192. The van der Waals surface area contributed by atoms with Gasteiger partial charge in [0.1, 0.15) is 5.75 Å². The van der Waals surface area contributed by atoms with Crippen LogP contribution in [-0.4, -0.2) is 38.8 Å². The van der Waals surface area contributed by atoms with Crippen LogP contribution in [-0.2, 0) is 14.8 Å². The van der Waals surface area contributed by atoms with E-state index in [1.54, 1.807) is 31.2 Å². The third kappa shape index (κ3) is 5.04. The number of halogens is 1. The summed E-state index contributed by atoms with van der Waals surface area (Å²) >= 11 is 3.33. The van der Waals surface area contributed by atoms with Gasteiger partial charge < -0.3 is 10.1 Å². The number of benzene rings is 2. The fraction of sp³-hybridized carbons (Fsp3) is 0.235. The number of hydrogen-bond acceptors (Lipinski definition) is 4. The zero-order chi connectivity index (χ0) is 18.6. The molecule has 0 heterocycles. The first-order valence-electron chi connectivity index (χ1n) is 7.46. The van der Waals surface area contributed by atoms with Crippen LogP contribution in [0.2, 0.25) is 0 Å². The molecule has 0 spiro atoms. The fourth-order valence-electron chi connectivity index (χ4n) is 1.96.